The number of anilines is 1. The Kier molecular flexibility index (Phi) is 5.32. The van der Waals surface area contributed by atoms with Gasteiger partial charge in [-0.1, -0.05) is 42.6 Å². The first-order valence-electron chi connectivity index (χ1n) is 7.57. The summed E-state index contributed by atoms with van der Waals surface area (Å²) in [6.45, 7) is 6.84. The van der Waals surface area contributed by atoms with Gasteiger partial charge in [-0.3, -0.25) is 0 Å². The summed E-state index contributed by atoms with van der Waals surface area (Å²) in [5, 5.41) is 3.73. The van der Waals surface area contributed by atoms with E-state index in [4.69, 9.17) is 0 Å². The molecule has 2 rings (SSSR count). The van der Waals surface area contributed by atoms with Crippen LogP contribution < -0.4 is 5.32 Å². The van der Waals surface area contributed by atoms with Gasteiger partial charge in [0.05, 0.1) is 0 Å². The van der Waals surface area contributed by atoms with Crippen LogP contribution in [0, 0.1) is 18.8 Å². The van der Waals surface area contributed by atoms with Gasteiger partial charge in [-0.2, -0.15) is 0 Å². The van der Waals surface area contributed by atoms with Gasteiger partial charge in [0, 0.05) is 16.2 Å². The van der Waals surface area contributed by atoms with Crippen molar-refractivity contribution in [3.63, 3.8) is 0 Å². The molecule has 0 aromatic heterocycles. The second kappa shape index (κ2) is 6.78. The average molecular weight is 324 g/mol. The van der Waals surface area contributed by atoms with Crippen molar-refractivity contribution in [1.29, 1.82) is 0 Å². The fourth-order valence-corrected chi connectivity index (χ4v) is 3.52. The zero-order chi connectivity index (χ0) is 13.8. The Morgan fingerprint density at radius 1 is 1.32 bits per heavy atom. The quantitative estimate of drug-likeness (QED) is 0.741. The first-order valence-corrected chi connectivity index (χ1v) is 8.36. The summed E-state index contributed by atoms with van der Waals surface area (Å²) in [4.78, 5) is 0. The molecule has 19 heavy (non-hydrogen) atoms. The number of hydrogen-bond acceptors (Lipinski definition) is 1. The summed E-state index contributed by atoms with van der Waals surface area (Å²) in [5.74, 6) is 1.75. The normalized spacial score (nSPS) is 23.6. The van der Waals surface area contributed by atoms with Gasteiger partial charge in [0.2, 0.25) is 0 Å². The van der Waals surface area contributed by atoms with E-state index in [0.29, 0.717) is 6.04 Å². The summed E-state index contributed by atoms with van der Waals surface area (Å²) in [6.07, 6.45) is 6.86. The lowest BCUT2D eigenvalue weighted by atomic mass is 9.81. The maximum atomic E-state index is 3.73. The van der Waals surface area contributed by atoms with Gasteiger partial charge < -0.3 is 5.32 Å². The third-order valence-electron chi connectivity index (χ3n) is 4.12. The molecule has 0 heterocycles. The second-order valence-electron chi connectivity index (χ2n) is 6.47. The number of halogens is 1. The van der Waals surface area contributed by atoms with E-state index in [1.807, 2.05) is 0 Å². The predicted molar refractivity (Wildman–Crippen MR) is 87.7 cm³/mol. The molecule has 0 saturated heterocycles. The lowest BCUT2D eigenvalue weighted by Crippen LogP contribution is -2.27. The van der Waals surface area contributed by atoms with Crippen LogP contribution >= 0.6 is 15.9 Å². The van der Waals surface area contributed by atoms with Crippen LogP contribution in [0.2, 0.25) is 0 Å². The van der Waals surface area contributed by atoms with Crippen LogP contribution in [0.25, 0.3) is 0 Å². The lowest BCUT2D eigenvalue weighted by Gasteiger charge is -2.31. The lowest BCUT2D eigenvalue weighted by molar-refractivity contribution is 0.289. The maximum absolute atomic E-state index is 3.73. The molecule has 2 heteroatoms. The van der Waals surface area contributed by atoms with E-state index in [-0.39, 0.29) is 0 Å². The van der Waals surface area contributed by atoms with E-state index < -0.39 is 0 Å². The van der Waals surface area contributed by atoms with Crippen molar-refractivity contribution in [2.75, 3.05) is 5.32 Å². The first-order chi connectivity index (χ1) is 9.04. The largest absolute Gasteiger partial charge is 0.382 e. The molecule has 1 N–H and O–H groups in total. The van der Waals surface area contributed by atoms with Gasteiger partial charge in [0.15, 0.2) is 0 Å². The molecule has 1 aliphatic rings. The van der Waals surface area contributed by atoms with E-state index >= 15 is 0 Å². The zero-order valence-corrected chi connectivity index (χ0v) is 14.0. The van der Waals surface area contributed by atoms with E-state index in [0.717, 1.165) is 11.8 Å². The Bertz CT molecular complexity index is 414. The van der Waals surface area contributed by atoms with E-state index in [1.165, 1.54) is 47.8 Å². The molecule has 0 aliphatic heterocycles. The van der Waals surface area contributed by atoms with Crippen LogP contribution in [0.5, 0.6) is 0 Å². The Morgan fingerprint density at radius 2 is 2.11 bits per heavy atom. The van der Waals surface area contributed by atoms with E-state index in [2.05, 4.69) is 60.2 Å². The van der Waals surface area contributed by atoms with Crippen molar-refractivity contribution >= 4 is 21.6 Å². The smallest absolute Gasteiger partial charge is 0.0345 e. The minimum atomic E-state index is 0.665. The zero-order valence-electron chi connectivity index (χ0n) is 12.4. The standard InChI is InChI=1S/C17H26BrN/c1-12(2)9-14-5-4-6-15(11-14)19-16-7-8-17(18)13(3)10-16/h7-8,10,12,14-15,19H,4-6,9,11H2,1-3H3. The summed E-state index contributed by atoms with van der Waals surface area (Å²) < 4.78 is 1.19. The van der Waals surface area contributed by atoms with Crippen LogP contribution in [0.15, 0.2) is 22.7 Å². The van der Waals surface area contributed by atoms with Gasteiger partial charge in [-0.05, 0) is 61.8 Å². The molecule has 1 fully saturated rings. The van der Waals surface area contributed by atoms with E-state index in [9.17, 15) is 0 Å². The molecular weight excluding hydrogens is 298 g/mol. The van der Waals surface area contributed by atoms with E-state index in [1.54, 1.807) is 0 Å². The van der Waals surface area contributed by atoms with Gasteiger partial charge in [-0.15, -0.1) is 0 Å². The Balaban J connectivity index is 1.92. The monoisotopic (exact) mass is 323 g/mol. The molecule has 0 amide bonds. The molecule has 1 saturated carbocycles. The Morgan fingerprint density at radius 3 is 2.79 bits per heavy atom. The highest BCUT2D eigenvalue weighted by Gasteiger charge is 2.22. The molecule has 2 atom stereocenters. The van der Waals surface area contributed by atoms with Crippen molar-refractivity contribution in [2.45, 2.75) is 58.9 Å². The topological polar surface area (TPSA) is 12.0 Å². The molecule has 0 spiro atoms. The number of benzene rings is 1. The summed E-state index contributed by atoms with van der Waals surface area (Å²) >= 11 is 3.56. The highest BCUT2D eigenvalue weighted by molar-refractivity contribution is 9.10. The van der Waals surface area contributed by atoms with Crippen LogP contribution in [0.4, 0.5) is 5.69 Å². The molecule has 106 valence electrons. The average Bonchev–Trinajstić information content (AvgIpc) is 2.33. The minimum absolute atomic E-state index is 0.665. The van der Waals surface area contributed by atoms with Crippen molar-refractivity contribution < 1.29 is 0 Å². The summed E-state index contributed by atoms with van der Waals surface area (Å²) in [7, 11) is 0. The first kappa shape index (κ1) is 14.9. The van der Waals surface area contributed by atoms with Crippen LogP contribution in [0.3, 0.4) is 0 Å². The molecule has 1 aromatic rings. The molecule has 1 aliphatic carbocycles. The van der Waals surface area contributed by atoms with Crippen LogP contribution in [-0.4, -0.2) is 6.04 Å². The Labute approximate surface area is 126 Å². The third-order valence-corrected chi connectivity index (χ3v) is 5.01. The summed E-state index contributed by atoms with van der Waals surface area (Å²) in [6, 6.07) is 7.24. The van der Waals surface area contributed by atoms with Crippen LogP contribution in [-0.2, 0) is 0 Å². The fourth-order valence-electron chi connectivity index (χ4n) is 3.27. The van der Waals surface area contributed by atoms with Crippen molar-refractivity contribution in [2.24, 2.45) is 11.8 Å². The number of hydrogen-bond donors (Lipinski definition) is 1. The highest BCUT2D eigenvalue weighted by Crippen LogP contribution is 2.31. The van der Waals surface area contributed by atoms with Gasteiger partial charge in [-0.25, -0.2) is 0 Å². The SMILES string of the molecule is Cc1cc(NC2CCCC(CC(C)C)C2)ccc1Br. The highest BCUT2D eigenvalue weighted by atomic mass is 79.9. The number of aryl methyl sites for hydroxylation is 1. The van der Waals surface area contributed by atoms with Crippen molar-refractivity contribution in [3.05, 3.63) is 28.2 Å². The predicted octanol–water partition coefficient (Wildman–Crippen LogP) is 5.77. The maximum Gasteiger partial charge on any atom is 0.0345 e. The Hall–Kier alpha value is -0.500. The van der Waals surface area contributed by atoms with Crippen molar-refractivity contribution in [3.8, 4) is 0 Å². The van der Waals surface area contributed by atoms with Crippen molar-refractivity contribution in [1.82, 2.24) is 0 Å². The molecule has 0 radical (unpaired) electrons. The molecule has 2 unspecified atom stereocenters. The third kappa shape index (κ3) is 4.52. The van der Waals surface area contributed by atoms with Gasteiger partial charge in [0.1, 0.15) is 0 Å². The second-order valence-corrected chi connectivity index (χ2v) is 7.32. The molecule has 0 bridgehead atoms. The number of rotatable bonds is 4. The molecule has 1 aromatic carbocycles. The molecule has 1 nitrogen and oxygen atoms in total. The molecular formula is C17H26BrN. The van der Waals surface area contributed by atoms with Gasteiger partial charge >= 0.3 is 0 Å². The number of nitrogens with one attached hydrogen (secondary N) is 1. The fraction of sp³-hybridized carbons (Fsp3) is 0.647. The van der Waals surface area contributed by atoms with Gasteiger partial charge in [0.25, 0.3) is 0 Å². The van der Waals surface area contributed by atoms with Crippen LogP contribution in [0.1, 0.15) is 51.5 Å². The summed E-state index contributed by atoms with van der Waals surface area (Å²) in [5.41, 5.74) is 2.58. The minimum Gasteiger partial charge on any atom is -0.382 e.